The van der Waals surface area contributed by atoms with Crippen LogP contribution in [0.2, 0.25) is 5.15 Å². The third-order valence-electron chi connectivity index (χ3n) is 2.91. The first-order valence-electron chi connectivity index (χ1n) is 5.48. The van der Waals surface area contributed by atoms with Crippen molar-refractivity contribution in [2.75, 3.05) is 5.73 Å². The maximum atomic E-state index is 6.16. The Kier molecular flexibility index (Phi) is 3.01. The molecule has 0 saturated carbocycles. The van der Waals surface area contributed by atoms with Crippen LogP contribution in [0, 0.1) is 0 Å². The molecule has 2 heterocycles. The summed E-state index contributed by atoms with van der Waals surface area (Å²) in [5.74, 6) is 1.27. The Bertz CT molecular complexity index is 502. The first-order valence-corrected chi connectivity index (χ1v) is 5.85. The molecule has 2 rings (SSSR count). The van der Waals surface area contributed by atoms with Crippen LogP contribution in [0.25, 0.3) is 5.65 Å². The quantitative estimate of drug-likeness (QED) is 0.837. The molecule has 0 amide bonds. The molecule has 16 heavy (non-hydrogen) atoms. The molecular formula is C11H15ClN4. The van der Waals surface area contributed by atoms with E-state index in [4.69, 9.17) is 17.3 Å². The molecule has 0 fully saturated rings. The second-order valence-electron chi connectivity index (χ2n) is 3.84. The zero-order chi connectivity index (χ0) is 11.7. The summed E-state index contributed by atoms with van der Waals surface area (Å²) in [5, 5.41) is 8.91. The van der Waals surface area contributed by atoms with Crippen LogP contribution < -0.4 is 5.73 Å². The number of rotatable bonds is 3. The predicted octanol–water partition coefficient (Wildman–Crippen LogP) is 2.87. The molecule has 0 unspecified atom stereocenters. The van der Waals surface area contributed by atoms with Gasteiger partial charge < -0.3 is 5.73 Å². The van der Waals surface area contributed by atoms with Crippen molar-refractivity contribution in [3.05, 3.63) is 23.1 Å². The van der Waals surface area contributed by atoms with Gasteiger partial charge in [-0.05, 0) is 25.0 Å². The van der Waals surface area contributed by atoms with Crippen LogP contribution in [-0.4, -0.2) is 14.6 Å². The van der Waals surface area contributed by atoms with E-state index in [0.717, 1.165) is 18.7 Å². The Hall–Kier alpha value is -1.29. The summed E-state index contributed by atoms with van der Waals surface area (Å²) in [5.41, 5.74) is 7.09. The second kappa shape index (κ2) is 4.29. The second-order valence-corrected chi connectivity index (χ2v) is 4.23. The van der Waals surface area contributed by atoms with Gasteiger partial charge >= 0.3 is 0 Å². The summed E-state index contributed by atoms with van der Waals surface area (Å²) in [4.78, 5) is 0. The van der Waals surface area contributed by atoms with Crippen molar-refractivity contribution in [3.8, 4) is 0 Å². The van der Waals surface area contributed by atoms with Crippen LogP contribution in [0.5, 0.6) is 0 Å². The fourth-order valence-electron chi connectivity index (χ4n) is 1.92. The number of hydrogen-bond donors (Lipinski definition) is 1. The van der Waals surface area contributed by atoms with E-state index in [-0.39, 0.29) is 0 Å². The van der Waals surface area contributed by atoms with E-state index in [2.05, 4.69) is 24.0 Å². The summed E-state index contributed by atoms with van der Waals surface area (Å²) in [7, 11) is 0. The SMILES string of the molecule is CCC(CC)c1nnc2c(N)ccc(Cl)n12. The average molecular weight is 239 g/mol. The Morgan fingerprint density at radius 1 is 1.31 bits per heavy atom. The van der Waals surface area contributed by atoms with Gasteiger partial charge in [0.25, 0.3) is 0 Å². The predicted molar refractivity (Wildman–Crippen MR) is 65.7 cm³/mol. The minimum absolute atomic E-state index is 0.370. The van der Waals surface area contributed by atoms with Crippen LogP contribution in [0.1, 0.15) is 38.4 Å². The van der Waals surface area contributed by atoms with Gasteiger partial charge in [-0.15, -0.1) is 10.2 Å². The molecule has 0 aromatic carbocycles. The van der Waals surface area contributed by atoms with Gasteiger partial charge in [-0.3, -0.25) is 4.40 Å². The first-order chi connectivity index (χ1) is 7.69. The molecule has 0 bridgehead atoms. The molecule has 2 N–H and O–H groups in total. The number of halogens is 1. The van der Waals surface area contributed by atoms with Crippen molar-refractivity contribution >= 4 is 22.9 Å². The highest BCUT2D eigenvalue weighted by Gasteiger charge is 2.17. The molecule has 0 aliphatic rings. The van der Waals surface area contributed by atoms with E-state index in [9.17, 15) is 0 Å². The standard InChI is InChI=1S/C11H15ClN4/c1-3-7(4-2)10-14-15-11-8(13)5-6-9(12)16(10)11/h5-7H,3-4,13H2,1-2H3. The summed E-state index contributed by atoms with van der Waals surface area (Å²) in [6.45, 7) is 4.27. The topological polar surface area (TPSA) is 56.2 Å². The molecule has 0 atom stereocenters. The lowest BCUT2D eigenvalue weighted by Crippen LogP contribution is -2.04. The van der Waals surface area contributed by atoms with Gasteiger partial charge in [-0.2, -0.15) is 0 Å². The largest absolute Gasteiger partial charge is 0.396 e. The van der Waals surface area contributed by atoms with Gasteiger partial charge in [-0.25, -0.2) is 0 Å². The van der Waals surface area contributed by atoms with E-state index in [0.29, 0.717) is 22.4 Å². The number of anilines is 1. The zero-order valence-electron chi connectivity index (χ0n) is 9.44. The number of fused-ring (bicyclic) bond motifs is 1. The van der Waals surface area contributed by atoms with Gasteiger partial charge in [0.15, 0.2) is 5.65 Å². The molecule has 5 heteroatoms. The number of hydrogen-bond acceptors (Lipinski definition) is 3. The fraction of sp³-hybridized carbons (Fsp3) is 0.455. The number of aromatic nitrogens is 3. The molecule has 86 valence electrons. The third-order valence-corrected chi connectivity index (χ3v) is 3.21. The molecule has 0 spiro atoms. The lowest BCUT2D eigenvalue weighted by Gasteiger charge is -2.11. The van der Waals surface area contributed by atoms with Crippen LogP contribution in [-0.2, 0) is 0 Å². The van der Waals surface area contributed by atoms with Gasteiger partial charge in [0.05, 0.1) is 5.69 Å². The monoisotopic (exact) mass is 238 g/mol. The zero-order valence-corrected chi connectivity index (χ0v) is 10.2. The molecular weight excluding hydrogens is 224 g/mol. The minimum Gasteiger partial charge on any atom is -0.396 e. The van der Waals surface area contributed by atoms with Crippen LogP contribution in [0.4, 0.5) is 5.69 Å². The highest BCUT2D eigenvalue weighted by molar-refractivity contribution is 6.29. The molecule has 4 nitrogen and oxygen atoms in total. The minimum atomic E-state index is 0.370. The van der Waals surface area contributed by atoms with Gasteiger partial charge in [0, 0.05) is 5.92 Å². The summed E-state index contributed by atoms with van der Waals surface area (Å²) >= 11 is 6.16. The molecule has 2 aromatic rings. The van der Waals surface area contributed by atoms with Crippen molar-refractivity contribution in [3.63, 3.8) is 0 Å². The number of nitrogens with zero attached hydrogens (tertiary/aromatic N) is 3. The molecule has 0 radical (unpaired) electrons. The van der Waals surface area contributed by atoms with E-state index in [1.807, 2.05) is 4.40 Å². The number of nitrogen functional groups attached to an aromatic ring is 1. The lowest BCUT2D eigenvalue weighted by molar-refractivity contribution is 0.595. The normalized spacial score (nSPS) is 11.5. The first kappa shape index (κ1) is 11.2. The van der Waals surface area contributed by atoms with Gasteiger partial charge in [0.1, 0.15) is 11.0 Å². The van der Waals surface area contributed by atoms with Crippen molar-refractivity contribution in [2.45, 2.75) is 32.6 Å². The van der Waals surface area contributed by atoms with E-state index < -0.39 is 0 Å². The number of pyridine rings is 1. The summed E-state index contributed by atoms with van der Waals surface area (Å²) < 4.78 is 1.84. The highest BCUT2D eigenvalue weighted by atomic mass is 35.5. The Morgan fingerprint density at radius 2 is 2.00 bits per heavy atom. The molecule has 0 aliphatic heterocycles. The van der Waals surface area contributed by atoms with Gasteiger partial charge in [-0.1, -0.05) is 25.4 Å². The van der Waals surface area contributed by atoms with Crippen LogP contribution in [0.15, 0.2) is 12.1 Å². The number of nitrogens with two attached hydrogens (primary N) is 1. The van der Waals surface area contributed by atoms with E-state index in [1.165, 1.54) is 0 Å². The van der Waals surface area contributed by atoms with Crippen LogP contribution in [0.3, 0.4) is 0 Å². The van der Waals surface area contributed by atoms with Crippen molar-refractivity contribution in [2.24, 2.45) is 0 Å². The fourth-order valence-corrected chi connectivity index (χ4v) is 2.15. The smallest absolute Gasteiger partial charge is 0.185 e. The average Bonchev–Trinajstić information content (AvgIpc) is 2.72. The van der Waals surface area contributed by atoms with E-state index >= 15 is 0 Å². The summed E-state index contributed by atoms with van der Waals surface area (Å²) in [6.07, 6.45) is 2.03. The Balaban J connectivity index is 2.68. The Morgan fingerprint density at radius 3 is 2.62 bits per heavy atom. The maximum absolute atomic E-state index is 6.16. The molecule has 2 aromatic heterocycles. The third kappa shape index (κ3) is 1.63. The Labute approximate surface area is 99.4 Å². The van der Waals surface area contributed by atoms with Crippen molar-refractivity contribution in [1.29, 1.82) is 0 Å². The van der Waals surface area contributed by atoms with Crippen LogP contribution >= 0.6 is 11.6 Å². The van der Waals surface area contributed by atoms with Gasteiger partial charge in [0.2, 0.25) is 0 Å². The lowest BCUT2D eigenvalue weighted by atomic mass is 10.0. The van der Waals surface area contributed by atoms with E-state index in [1.54, 1.807) is 12.1 Å². The summed E-state index contributed by atoms with van der Waals surface area (Å²) in [6, 6.07) is 3.53. The molecule has 0 aliphatic carbocycles. The van der Waals surface area contributed by atoms with Crippen molar-refractivity contribution in [1.82, 2.24) is 14.6 Å². The molecule has 0 saturated heterocycles. The van der Waals surface area contributed by atoms with Crippen molar-refractivity contribution < 1.29 is 0 Å². The maximum Gasteiger partial charge on any atom is 0.185 e. The highest BCUT2D eigenvalue weighted by Crippen LogP contribution is 2.26.